The number of amides is 1. The molecule has 2 heterocycles. The highest BCUT2D eigenvalue weighted by Crippen LogP contribution is 2.39. The molecular formula is C22H29N5O2S2. The standard InChI is InChI=1S/C16H16N4S2.C6H13NO2/c17-11-6-5-9(7-12(11)21)20-15-14-10-3-1-2-4-13(10)22-16(14)19-8-18-15;1-6(4-9-3)7(2)5-8/h5-8,21H,1-4,17H2,(H,18,19,20);5-6H,4H2,1-3H3. The highest BCUT2D eigenvalue weighted by atomic mass is 32.1. The topological polar surface area (TPSA) is 93.4 Å². The lowest BCUT2D eigenvalue weighted by Gasteiger charge is -2.18. The second-order valence-electron chi connectivity index (χ2n) is 7.59. The quantitative estimate of drug-likeness (QED) is 0.289. The van der Waals surface area contributed by atoms with E-state index in [9.17, 15) is 4.79 Å². The maximum Gasteiger partial charge on any atom is 0.209 e. The second kappa shape index (κ2) is 10.8. The zero-order chi connectivity index (χ0) is 22.4. The smallest absolute Gasteiger partial charge is 0.209 e. The Balaban J connectivity index is 0.000000259. The number of benzene rings is 1. The number of anilines is 3. The van der Waals surface area contributed by atoms with E-state index < -0.39 is 0 Å². The van der Waals surface area contributed by atoms with Crippen LogP contribution in [-0.4, -0.2) is 48.1 Å². The predicted octanol–water partition coefficient (Wildman–Crippen LogP) is 4.29. The molecule has 0 bridgehead atoms. The molecule has 0 radical (unpaired) electrons. The Labute approximate surface area is 192 Å². The monoisotopic (exact) mass is 459 g/mol. The maximum atomic E-state index is 10.1. The first-order valence-electron chi connectivity index (χ1n) is 10.2. The summed E-state index contributed by atoms with van der Waals surface area (Å²) in [6.07, 6.45) is 7.23. The molecule has 1 unspecified atom stereocenters. The van der Waals surface area contributed by atoms with Crippen LogP contribution in [0.2, 0.25) is 0 Å². The van der Waals surface area contributed by atoms with Crippen molar-refractivity contribution in [2.75, 3.05) is 31.8 Å². The van der Waals surface area contributed by atoms with Gasteiger partial charge in [0.1, 0.15) is 17.0 Å². The zero-order valence-corrected chi connectivity index (χ0v) is 19.8. The molecule has 0 saturated heterocycles. The van der Waals surface area contributed by atoms with Crippen LogP contribution in [0.4, 0.5) is 17.2 Å². The summed E-state index contributed by atoms with van der Waals surface area (Å²) < 4.78 is 4.83. The number of rotatable bonds is 6. The number of thiophene rings is 1. The summed E-state index contributed by atoms with van der Waals surface area (Å²) in [4.78, 5) is 23.9. The molecule has 3 N–H and O–H groups in total. The molecule has 0 aliphatic heterocycles. The first-order valence-corrected chi connectivity index (χ1v) is 11.5. The van der Waals surface area contributed by atoms with Gasteiger partial charge in [0, 0.05) is 35.3 Å². The highest BCUT2D eigenvalue weighted by Gasteiger charge is 2.19. The molecule has 0 spiro atoms. The molecule has 1 aromatic carbocycles. The van der Waals surface area contributed by atoms with E-state index in [1.54, 1.807) is 36.7 Å². The summed E-state index contributed by atoms with van der Waals surface area (Å²) in [5.41, 5.74) is 8.86. The van der Waals surface area contributed by atoms with Crippen molar-refractivity contribution in [2.24, 2.45) is 0 Å². The van der Waals surface area contributed by atoms with Gasteiger partial charge in [-0.2, -0.15) is 0 Å². The largest absolute Gasteiger partial charge is 0.398 e. The van der Waals surface area contributed by atoms with E-state index in [0.717, 1.165) is 34.1 Å². The average molecular weight is 460 g/mol. The van der Waals surface area contributed by atoms with Gasteiger partial charge in [0.15, 0.2) is 0 Å². The number of hydrogen-bond acceptors (Lipinski definition) is 8. The first-order chi connectivity index (χ1) is 14.9. The fourth-order valence-electron chi connectivity index (χ4n) is 3.41. The van der Waals surface area contributed by atoms with Gasteiger partial charge in [0.05, 0.1) is 18.0 Å². The molecule has 1 atom stereocenters. The summed E-state index contributed by atoms with van der Waals surface area (Å²) in [6.45, 7) is 2.52. The Morgan fingerprint density at radius 2 is 2.13 bits per heavy atom. The molecule has 166 valence electrons. The highest BCUT2D eigenvalue weighted by molar-refractivity contribution is 7.80. The number of likely N-dealkylation sites (N-methyl/N-ethyl adjacent to an activating group) is 1. The van der Waals surface area contributed by atoms with E-state index in [4.69, 9.17) is 10.5 Å². The van der Waals surface area contributed by atoms with Crippen LogP contribution in [0.15, 0.2) is 29.4 Å². The van der Waals surface area contributed by atoms with E-state index in [0.29, 0.717) is 12.3 Å². The summed E-state index contributed by atoms with van der Waals surface area (Å²) in [6, 6.07) is 5.89. The minimum Gasteiger partial charge on any atom is -0.398 e. The number of ether oxygens (including phenoxy) is 1. The molecule has 2 aromatic heterocycles. The Hall–Kier alpha value is -2.36. The molecule has 1 amide bonds. The number of thiol groups is 1. The third-order valence-corrected chi connectivity index (χ3v) is 6.90. The van der Waals surface area contributed by atoms with Crippen molar-refractivity contribution in [3.05, 3.63) is 35.0 Å². The third-order valence-electron chi connectivity index (χ3n) is 5.31. The number of nitrogens with one attached hydrogen (secondary N) is 1. The second-order valence-corrected chi connectivity index (χ2v) is 9.15. The van der Waals surface area contributed by atoms with Gasteiger partial charge >= 0.3 is 0 Å². The van der Waals surface area contributed by atoms with Gasteiger partial charge in [-0.3, -0.25) is 4.79 Å². The summed E-state index contributed by atoms with van der Waals surface area (Å²) in [5, 5.41) is 4.58. The van der Waals surface area contributed by atoms with Crippen molar-refractivity contribution < 1.29 is 9.53 Å². The van der Waals surface area contributed by atoms with Crippen molar-refractivity contribution in [2.45, 2.75) is 43.5 Å². The fraction of sp³-hybridized carbons (Fsp3) is 0.409. The number of carbonyl (C=O) groups excluding carboxylic acids is 1. The van der Waals surface area contributed by atoms with E-state index in [1.807, 2.05) is 25.1 Å². The van der Waals surface area contributed by atoms with E-state index in [-0.39, 0.29) is 6.04 Å². The molecule has 31 heavy (non-hydrogen) atoms. The Kier molecular flexibility index (Phi) is 8.11. The van der Waals surface area contributed by atoms with Crippen LogP contribution in [0, 0.1) is 0 Å². The van der Waals surface area contributed by atoms with Gasteiger partial charge in [-0.15, -0.1) is 24.0 Å². The number of aryl methyl sites for hydroxylation is 2. The summed E-state index contributed by atoms with van der Waals surface area (Å²) in [5.74, 6) is 0.877. The van der Waals surface area contributed by atoms with Crippen molar-refractivity contribution in [3.63, 3.8) is 0 Å². The van der Waals surface area contributed by atoms with Crippen LogP contribution in [-0.2, 0) is 22.4 Å². The van der Waals surface area contributed by atoms with Crippen LogP contribution in [0.5, 0.6) is 0 Å². The molecule has 0 saturated carbocycles. The first kappa shape index (κ1) is 23.3. The van der Waals surface area contributed by atoms with Crippen LogP contribution in [0.1, 0.15) is 30.2 Å². The Morgan fingerprint density at radius 3 is 2.84 bits per heavy atom. The number of nitrogens with two attached hydrogens (primary N) is 1. The van der Waals surface area contributed by atoms with Gasteiger partial charge in [0.25, 0.3) is 0 Å². The Morgan fingerprint density at radius 1 is 1.35 bits per heavy atom. The van der Waals surface area contributed by atoms with Crippen molar-refractivity contribution in [1.29, 1.82) is 0 Å². The number of methoxy groups -OCH3 is 1. The lowest BCUT2D eigenvalue weighted by Crippen LogP contribution is -2.31. The molecule has 7 nitrogen and oxygen atoms in total. The Bertz CT molecular complexity index is 1040. The van der Waals surface area contributed by atoms with Crippen LogP contribution in [0.25, 0.3) is 10.2 Å². The number of fused-ring (bicyclic) bond motifs is 3. The summed E-state index contributed by atoms with van der Waals surface area (Å²) in [7, 11) is 3.35. The van der Waals surface area contributed by atoms with Gasteiger partial charge in [-0.25, -0.2) is 9.97 Å². The summed E-state index contributed by atoms with van der Waals surface area (Å²) >= 11 is 6.18. The number of hydrogen-bond donors (Lipinski definition) is 3. The fourth-order valence-corrected chi connectivity index (χ4v) is 4.85. The number of carbonyl (C=O) groups is 1. The molecule has 1 aliphatic carbocycles. The molecule has 9 heteroatoms. The lowest BCUT2D eigenvalue weighted by molar-refractivity contribution is -0.119. The van der Waals surface area contributed by atoms with E-state index in [2.05, 4.69) is 27.9 Å². The van der Waals surface area contributed by atoms with Gasteiger partial charge in [-0.05, 0) is 56.4 Å². The molecule has 3 aromatic rings. The molecule has 0 fully saturated rings. The van der Waals surface area contributed by atoms with Crippen LogP contribution < -0.4 is 11.1 Å². The van der Waals surface area contributed by atoms with Crippen molar-refractivity contribution >= 4 is 57.8 Å². The average Bonchev–Trinajstić information content (AvgIpc) is 3.16. The molecular weight excluding hydrogens is 430 g/mol. The minimum atomic E-state index is 0.174. The predicted molar refractivity (Wildman–Crippen MR) is 131 cm³/mol. The third kappa shape index (κ3) is 5.66. The molecule has 4 rings (SSSR count). The SMILES string of the molecule is COCC(C)N(C)C=O.Nc1ccc(Nc2ncnc3sc4c(c23)CCCC4)cc1S. The van der Waals surface area contributed by atoms with E-state index >= 15 is 0 Å². The van der Waals surface area contributed by atoms with Gasteiger partial charge in [-0.1, -0.05) is 0 Å². The van der Waals surface area contributed by atoms with Gasteiger partial charge in [0.2, 0.25) is 6.41 Å². The van der Waals surface area contributed by atoms with Crippen LogP contribution in [0.3, 0.4) is 0 Å². The maximum absolute atomic E-state index is 10.1. The zero-order valence-electron chi connectivity index (χ0n) is 18.1. The normalized spacial score (nSPS) is 13.7. The van der Waals surface area contributed by atoms with E-state index in [1.165, 1.54) is 35.1 Å². The van der Waals surface area contributed by atoms with Crippen molar-refractivity contribution in [1.82, 2.24) is 14.9 Å². The van der Waals surface area contributed by atoms with Crippen molar-refractivity contribution in [3.8, 4) is 0 Å². The lowest BCUT2D eigenvalue weighted by atomic mass is 9.97. The number of nitrogen functional groups attached to an aromatic ring is 1. The van der Waals surface area contributed by atoms with Gasteiger partial charge < -0.3 is 20.7 Å². The minimum absolute atomic E-state index is 0.174. The number of nitrogens with zero attached hydrogens (tertiary/aromatic N) is 3. The molecule has 1 aliphatic rings. The van der Waals surface area contributed by atoms with Crippen LogP contribution >= 0.6 is 24.0 Å². The number of aromatic nitrogens is 2.